The number of hydrogen-bond donors (Lipinski definition) is 5. The molecule has 2 amide bonds. The fraction of sp³-hybridized carbons (Fsp3) is 0.850. The monoisotopic (exact) mass is 502 g/mol. The first-order valence-electron chi connectivity index (χ1n) is 11.9. The van der Waals surface area contributed by atoms with E-state index >= 15 is 0 Å². The number of nitrogens with two attached hydrogens (primary N) is 2. The Bertz CT molecular complexity index is 831. The SMILES string of the molecule is N=C(N)N1CCC[C@@H](CNC(=O)C[C@H](NS(=O)(=O)N2CCOCC2)C(=O)N(CCN)C2CC2)C1. The van der Waals surface area contributed by atoms with E-state index in [0.717, 1.165) is 32.2 Å². The van der Waals surface area contributed by atoms with Crippen LogP contribution in [-0.4, -0.2) is 111 Å². The molecule has 3 aliphatic rings. The van der Waals surface area contributed by atoms with Gasteiger partial charge in [-0.05, 0) is 31.6 Å². The van der Waals surface area contributed by atoms with E-state index in [1.54, 1.807) is 9.80 Å². The number of amides is 2. The summed E-state index contributed by atoms with van der Waals surface area (Å²) in [7, 11) is -3.98. The summed E-state index contributed by atoms with van der Waals surface area (Å²) in [5.41, 5.74) is 11.3. The summed E-state index contributed by atoms with van der Waals surface area (Å²) in [5.74, 6) is -0.702. The van der Waals surface area contributed by atoms with Crippen molar-refractivity contribution < 1.29 is 22.7 Å². The second kappa shape index (κ2) is 12.1. The standard InChI is InChI=1S/C20H38N8O5S/c21-5-7-28(16-3-4-16)19(30)17(25-34(31,32)27-8-10-33-11-9-27)12-18(29)24-13-15-2-1-6-26(14-15)20(22)23/h15-17,25H,1-14,21H2,(H3,22,23)(H,24,29)/t15-,17-/m0/s1. The van der Waals surface area contributed by atoms with Crippen molar-refractivity contribution in [2.24, 2.45) is 17.4 Å². The molecule has 0 aromatic heterocycles. The number of guanidine groups is 1. The maximum Gasteiger partial charge on any atom is 0.280 e. The van der Waals surface area contributed by atoms with E-state index in [1.165, 1.54) is 4.31 Å². The number of nitrogens with zero attached hydrogens (tertiary/aromatic N) is 3. The van der Waals surface area contributed by atoms with E-state index in [0.29, 0.717) is 19.6 Å². The zero-order valence-corrected chi connectivity index (χ0v) is 20.4. The molecule has 0 unspecified atom stereocenters. The van der Waals surface area contributed by atoms with Gasteiger partial charge in [0.15, 0.2) is 5.96 Å². The molecule has 2 aliphatic heterocycles. The van der Waals surface area contributed by atoms with Crippen molar-refractivity contribution in [2.45, 2.75) is 44.2 Å². The van der Waals surface area contributed by atoms with E-state index in [1.807, 2.05) is 0 Å². The molecule has 0 aromatic carbocycles. The summed E-state index contributed by atoms with van der Waals surface area (Å²) < 4.78 is 34.8. The first-order valence-corrected chi connectivity index (χ1v) is 13.4. The van der Waals surface area contributed by atoms with Crippen molar-refractivity contribution in [1.82, 2.24) is 24.1 Å². The molecule has 2 atom stereocenters. The van der Waals surface area contributed by atoms with Gasteiger partial charge in [-0.25, -0.2) is 0 Å². The Morgan fingerprint density at radius 2 is 1.88 bits per heavy atom. The highest BCUT2D eigenvalue weighted by Crippen LogP contribution is 2.27. The van der Waals surface area contributed by atoms with Gasteiger partial charge in [-0.15, -0.1) is 0 Å². The predicted octanol–water partition coefficient (Wildman–Crippen LogP) is -2.42. The molecule has 14 heteroatoms. The van der Waals surface area contributed by atoms with Gasteiger partial charge in [0, 0.05) is 51.9 Å². The number of carbonyl (C=O) groups is 2. The predicted molar refractivity (Wildman–Crippen MR) is 126 cm³/mol. The minimum absolute atomic E-state index is 0.0132. The summed E-state index contributed by atoms with van der Waals surface area (Å²) in [6.07, 6.45) is 3.14. The second-order valence-electron chi connectivity index (χ2n) is 9.09. The number of morpholine rings is 1. The van der Waals surface area contributed by atoms with Crippen molar-refractivity contribution in [3.8, 4) is 0 Å². The van der Waals surface area contributed by atoms with Crippen LogP contribution in [0.4, 0.5) is 0 Å². The lowest BCUT2D eigenvalue weighted by atomic mass is 9.98. The molecule has 2 heterocycles. The number of ether oxygens (including phenoxy) is 1. The Morgan fingerprint density at radius 3 is 2.50 bits per heavy atom. The smallest absolute Gasteiger partial charge is 0.280 e. The third-order valence-electron chi connectivity index (χ3n) is 6.38. The number of hydrogen-bond acceptors (Lipinski definition) is 7. The molecule has 7 N–H and O–H groups in total. The van der Waals surface area contributed by atoms with E-state index in [9.17, 15) is 18.0 Å². The average molecular weight is 503 g/mol. The number of carbonyl (C=O) groups excluding carboxylic acids is 2. The lowest BCUT2D eigenvalue weighted by molar-refractivity contribution is -0.136. The maximum absolute atomic E-state index is 13.3. The Kier molecular flexibility index (Phi) is 9.47. The Morgan fingerprint density at radius 1 is 1.18 bits per heavy atom. The van der Waals surface area contributed by atoms with Crippen LogP contribution < -0.4 is 21.5 Å². The zero-order chi connectivity index (χ0) is 24.7. The van der Waals surface area contributed by atoms with Crippen LogP contribution in [0.2, 0.25) is 0 Å². The molecule has 0 bridgehead atoms. The van der Waals surface area contributed by atoms with Crippen molar-refractivity contribution in [3.63, 3.8) is 0 Å². The van der Waals surface area contributed by atoms with Crippen molar-refractivity contribution in [3.05, 3.63) is 0 Å². The van der Waals surface area contributed by atoms with Gasteiger partial charge in [-0.3, -0.25) is 15.0 Å². The highest BCUT2D eigenvalue weighted by atomic mass is 32.2. The van der Waals surface area contributed by atoms with Gasteiger partial charge in [0.05, 0.1) is 19.6 Å². The third-order valence-corrected chi connectivity index (χ3v) is 8.00. The summed E-state index contributed by atoms with van der Waals surface area (Å²) >= 11 is 0. The van der Waals surface area contributed by atoms with Crippen LogP contribution in [0.5, 0.6) is 0 Å². The largest absolute Gasteiger partial charge is 0.379 e. The minimum Gasteiger partial charge on any atom is -0.379 e. The van der Waals surface area contributed by atoms with Crippen LogP contribution in [-0.2, 0) is 24.5 Å². The fourth-order valence-corrected chi connectivity index (χ4v) is 5.71. The van der Waals surface area contributed by atoms with Gasteiger partial charge in [-0.2, -0.15) is 17.4 Å². The molecular weight excluding hydrogens is 464 g/mol. The lowest BCUT2D eigenvalue weighted by Gasteiger charge is -2.33. The van der Waals surface area contributed by atoms with Gasteiger partial charge in [-0.1, -0.05) is 0 Å². The molecule has 34 heavy (non-hydrogen) atoms. The molecule has 1 aliphatic carbocycles. The Balaban J connectivity index is 1.64. The number of nitrogens with one attached hydrogen (secondary N) is 3. The summed E-state index contributed by atoms with van der Waals surface area (Å²) in [4.78, 5) is 29.5. The first kappa shape index (κ1) is 26.6. The molecule has 2 saturated heterocycles. The Labute approximate surface area is 201 Å². The van der Waals surface area contributed by atoms with Gasteiger partial charge in [0.1, 0.15) is 6.04 Å². The van der Waals surface area contributed by atoms with Crippen LogP contribution in [0.1, 0.15) is 32.1 Å². The van der Waals surface area contributed by atoms with Crippen LogP contribution in [0.25, 0.3) is 0 Å². The van der Waals surface area contributed by atoms with E-state index in [2.05, 4.69) is 10.0 Å². The van der Waals surface area contributed by atoms with Crippen LogP contribution in [0.3, 0.4) is 0 Å². The van der Waals surface area contributed by atoms with Gasteiger partial charge >= 0.3 is 0 Å². The molecule has 0 radical (unpaired) electrons. The molecule has 13 nitrogen and oxygen atoms in total. The molecule has 194 valence electrons. The minimum atomic E-state index is -3.98. The summed E-state index contributed by atoms with van der Waals surface area (Å²) in [5, 5.41) is 10.4. The van der Waals surface area contributed by atoms with E-state index < -0.39 is 28.1 Å². The highest BCUT2D eigenvalue weighted by Gasteiger charge is 2.39. The number of piperidine rings is 1. The first-order chi connectivity index (χ1) is 16.2. The molecular formula is C20H38N8O5S. The van der Waals surface area contributed by atoms with Gasteiger partial charge in [0.2, 0.25) is 11.8 Å². The summed E-state index contributed by atoms with van der Waals surface area (Å²) in [6.45, 7) is 3.16. The van der Waals surface area contributed by atoms with Gasteiger partial charge in [0.25, 0.3) is 10.2 Å². The normalized spacial score (nSPS) is 22.7. The van der Waals surface area contributed by atoms with Crippen LogP contribution >= 0.6 is 0 Å². The highest BCUT2D eigenvalue weighted by molar-refractivity contribution is 7.87. The lowest BCUT2D eigenvalue weighted by Crippen LogP contribution is -2.56. The molecule has 3 rings (SSSR count). The number of rotatable bonds is 11. The zero-order valence-electron chi connectivity index (χ0n) is 19.6. The van der Waals surface area contributed by atoms with Crippen LogP contribution in [0, 0.1) is 11.3 Å². The topological polar surface area (TPSA) is 187 Å². The molecule has 1 saturated carbocycles. The Hall–Kier alpha value is -2.00. The van der Waals surface area contributed by atoms with Gasteiger partial charge < -0.3 is 31.3 Å². The third kappa shape index (κ3) is 7.50. The van der Waals surface area contributed by atoms with Crippen molar-refractivity contribution >= 4 is 28.0 Å². The molecule has 3 fully saturated rings. The summed E-state index contributed by atoms with van der Waals surface area (Å²) in [6, 6.07) is -1.19. The van der Waals surface area contributed by atoms with Crippen LogP contribution in [0.15, 0.2) is 0 Å². The van der Waals surface area contributed by atoms with Crippen molar-refractivity contribution in [2.75, 3.05) is 59.0 Å². The second-order valence-corrected chi connectivity index (χ2v) is 10.8. The number of likely N-dealkylation sites (tertiary alicyclic amines) is 1. The maximum atomic E-state index is 13.3. The quantitative estimate of drug-likeness (QED) is 0.152. The van der Waals surface area contributed by atoms with Crippen molar-refractivity contribution in [1.29, 1.82) is 5.41 Å². The average Bonchev–Trinajstić information content (AvgIpc) is 3.66. The molecule has 0 aromatic rings. The van der Waals surface area contributed by atoms with E-state index in [4.69, 9.17) is 21.6 Å². The molecule has 0 spiro atoms. The van der Waals surface area contributed by atoms with E-state index in [-0.39, 0.29) is 57.2 Å². The fourth-order valence-electron chi connectivity index (χ4n) is 4.39.